The van der Waals surface area contributed by atoms with Crippen LogP contribution in [-0.2, 0) is 11.3 Å². The number of amides is 1. The van der Waals surface area contributed by atoms with E-state index in [0.717, 1.165) is 60.3 Å². The lowest BCUT2D eigenvalue weighted by atomic mass is 9.92. The van der Waals surface area contributed by atoms with Crippen LogP contribution in [0.1, 0.15) is 44.3 Å². The summed E-state index contributed by atoms with van der Waals surface area (Å²) in [5.74, 6) is 2.95. The lowest BCUT2D eigenvalue weighted by Gasteiger charge is -2.32. The number of fused-ring (bicyclic) bond motifs is 3. The molecule has 3 aromatic heterocycles. The van der Waals surface area contributed by atoms with Crippen LogP contribution in [0.15, 0.2) is 24.8 Å². The molecule has 2 aliphatic rings. The molecule has 5 heterocycles. The van der Waals surface area contributed by atoms with Crippen molar-refractivity contribution in [3.63, 3.8) is 0 Å². The van der Waals surface area contributed by atoms with Gasteiger partial charge in [-0.25, -0.2) is 14.6 Å². The summed E-state index contributed by atoms with van der Waals surface area (Å²) in [6.07, 6.45) is 7.46. The van der Waals surface area contributed by atoms with Gasteiger partial charge in [0.1, 0.15) is 30.2 Å². The van der Waals surface area contributed by atoms with Gasteiger partial charge in [0, 0.05) is 50.2 Å². The van der Waals surface area contributed by atoms with Gasteiger partial charge in [0.25, 0.3) is 0 Å². The number of imidazole rings is 1. The Labute approximate surface area is 199 Å². The molecule has 0 radical (unpaired) electrons. The fourth-order valence-electron chi connectivity index (χ4n) is 4.66. The summed E-state index contributed by atoms with van der Waals surface area (Å²) in [5, 5.41) is 4.35. The second-order valence-electron chi connectivity index (χ2n) is 9.56. The normalized spacial score (nSPS) is 16.6. The molecule has 1 saturated heterocycles. The number of hydrogen-bond acceptors (Lipinski definition) is 7. The summed E-state index contributed by atoms with van der Waals surface area (Å²) in [6.45, 7) is 7.72. The van der Waals surface area contributed by atoms with Gasteiger partial charge in [-0.1, -0.05) is 0 Å². The monoisotopic (exact) mass is 464 g/mol. The summed E-state index contributed by atoms with van der Waals surface area (Å²) in [5.41, 5.74) is 2.76. The number of aromatic nitrogens is 6. The Morgan fingerprint density at radius 3 is 2.71 bits per heavy atom. The molecular weight excluding hydrogens is 432 g/mol. The van der Waals surface area contributed by atoms with Crippen molar-refractivity contribution in [2.75, 3.05) is 40.3 Å². The minimum atomic E-state index is 0.150. The third-order valence-corrected chi connectivity index (χ3v) is 6.65. The minimum Gasteiger partial charge on any atom is -0.491 e. The first-order chi connectivity index (χ1) is 16.4. The van der Waals surface area contributed by atoms with Crippen LogP contribution in [-0.4, -0.2) is 85.3 Å². The summed E-state index contributed by atoms with van der Waals surface area (Å²) in [6, 6.07) is 2.28. The van der Waals surface area contributed by atoms with Crippen LogP contribution in [0.25, 0.3) is 22.9 Å². The lowest BCUT2D eigenvalue weighted by Crippen LogP contribution is -2.40. The van der Waals surface area contributed by atoms with Crippen molar-refractivity contribution in [2.45, 2.75) is 45.2 Å². The van der Waals surface area contributed by atoms with Crippen molar-refractivity contribution < 1.29 is 9.53 Å². The Kier molecular flexibility index (Phi) is 6.07. The fraction of sp³-hybridized carbons (Fsp3) is 0.542. The lowest BCUT2D eigenvalue weighted by molar-refractivity contribution is -0.130. The largest absolute Gasteiger partial charge is 0.491 e. The molecule has 3 aromatic rings. The summed E-state index contributed by atoms with van der Waals surface area (Å²) >= 11 is 0. The fourth-order valence-corrected chi connectivity index (χ4v) is 4.66. The van der Waals surface area contributed by atoms with E-state index >= 15 is 0 Å². The highest BCUT2D eigenvalue weighted by molar-refractivity contribution is 5.77. The third-order valence-electron chi connectivity index (χ3n) is 6.65. The number of ether oxygens (including phenoxy) is 1. The molecule has 1 fully saturated rings. The first-order valence-electron chi connectivity index (χ1n) is 11.9. The molecule has 34 heavy (non-hydrogen) atoms. The van der Waals surface area contributed by atoms with Crippen LogP contribution in [0.2, 0.25) is 0 Å². The van der Waals surface area contributed by atoms with Gasteiger partial charge in [-0.2, -0.15) is 5.10 Å². The molecule has 2 aliphatic heterocycles. The van der Waals surface area contributed by atoms with Crippen LogP contribution < -0.4 is 4.74 Å². The standard InChI is InChI=1S/C24H32N8O2/c1-16(2)32-24(26-15-27-32)20-13-31-9-10-34-21-11-19(25-12-18(21)23(31)28-20)17-5-7-30(8-6-17)14-22(33)29(3)4/h11-13,15-17H,5-10,14H2,1-4H3. The number of piperidine rings is 1. The Bertz CT molecular complexity index is 1170. The minimum absolute atomic E-state index is 0.150. The van der Waals surface area contributed by atoms with Crippen molar-refractivity contribution in [3.8, 4) is 28.7 Å². The van der Waals surface area contributed by atoms with E-state index in [1.807, 2.05) is 17.1 Å². The highest BCUT2D eigenvalue weighted by Crippen LogP contribution is 2.36. The van der Waals surface area contributed by atoms with Crippen molar-refractivity contribution in [3.05, 3.63) is 30.5 Å². The highest BCUT2D eigenvalue weighted by atomic mass is 16.5. The van der Waals surface area contributed by atoms with E-state index < -0.39 is 0 Å². The van der Waals surface area contributed by atoms with Gasteiger partial charge in [0.2, 0.25) is 5.91 Å². The summed E-state index contributed by atoms with van der Waals surface area (Å²) < 4.78 is 10.1. The molecule has 0 bridgehead atoms. The Morgan fingerprint density at radius 1 is 1.18 bits per heavy atom. The number of likely N-dealkylation sites (tertiary alicyclic amines) is 1. The predicted molar refractivity (Wildman–Crippen MR) is 127 cm³/mol. The number of rotatable bonds is 5. The Morgan fingerprint density at radius 2 is 1.97 bits per heavy atom. The van der Waals surface area contributed by atoms with Crippen LogP contribution in [0.3, 0.4) is 0 Å². The van der Waals surface area contributed by atoms with Crippen molar-refractivity contribution in [1.82, 2.24) is 39.1 Å². The zero-order valence-electron chi connectivity index (χ0n) is 20.3. The van der Waals surface area contributed by atoms with Crippen molar-refractivity contribution >= 4 is 5.91 Å². The van der Waals surface area contributed by atoms with E-state index in [4.69, 9.17) is 14.7 Å². The van der Waals surface area contributed by atoms with E-state index in [-0.39, 0.29) is 11.9 Å². The Hall–Kier alpha value is -3.27. The topological polar surface area (TPSA) is 94.2 Å². The van der Waals surface area contributed by atoms with Gasteiger partial charge in [-0.15, -0.1) is 0 Å². The molecule has 0 N–H and O–H groups in total. The van der Waals surface area contributed by atoms with Gasteiger partial charge in [0.15, 0.2) is 5.82 Å². The van der Waals surface area contributed by atoms with Gasteiger partial charge in [-0.3, -0.25) is 14.7 Å². The van der Waals surface area contributed by atoms with Crippen LogP contribution in [0.4, 0.5) is 0 Å². The molecule has 0 aromatic carbocycles. The molecule has 1 amide bonds. The molecule has 0 atom stereocenters. The first-order valence-corrected chi connectivity index (χ1v) is 11.9. The van der Waals surface area contributed by atoms with Crippen LogP contribution in [0, 0.1) is 0 Å². The quantitative estimate of drug-likeness (QED) is 0.572. The summed E-state index contributed by atoms with van der Waals surface area (Å²) in [7, 11) is 3.61. The maximum absolute atomic E-state index is 12.0. The molecule has 10 heteroatoms. The predicted octanol–water partition coefficient (Wildman–Crippen LogP) is 2.44. The molecule has 5 rings (SSSR count). The van der Waals surface area contributed by atoms with E-state index in [9.17, 15) is 4.79 Å². The third kappa shape index (κ3) is 4.29. The van der Waals surface area contributed by atoms with Gasteiger partial charge >= 0.3 is 0 Å². The van der Waals surface area contributed by atoms with Gasteiger partial charge < -0.3 is 14.2 Å². The molecule has 10 nitrogen and oxygen atoms in total. The zero-order chi connectivity index (χ0) is 23.8. The number of likely N-dealkylation sites (N-methyl/N-ethyl adjacent to an activating group) is 1. The number of pyridine rings is 1. The molecule has 0 aliphatic carbocycles. The van der Waals surface area contributed by atoms with Crippen molar-refractivity contribution in [1.29, 1.82) is 0 Å². The molecule has 0 unspecified atom stereocenters. The second-order valence-corrected chi connectivity index (χ2v) is 9.56. The SMILES string of the molecule is CC(C)n1ncnc1-c1cn2c(n1)-c1cnc(C3CCN(CC(=O)N(C)C)CC3)cc1OCC2. The van der Waals surface area contributed by atoms with E-state index in [2.05, 4.69) is 39.5 Å². The van der Waals surface area contributed by atoms with E-state index in [1.165, 1.54) is 0 Å². The van der Waals surface area contributed by atoms with Crippen LogP contribution in [0.5, 0.6) is 5.75 Å². The highest BCUT2D eigenvalue weighted by Gasteiger charge is 2.26. The molecular formula is C24H32N8O2. The summed E-state index contributed by atoms with van der Waals surface area (Å²) in [4.78, 5) is 30.1. The van der Waals surface area contributed by atoms with E-state index in [1.54, 1.807) is 25.3 Å². The zero-order valence-corrected chi connectivity index (χ0v) is 20.3. The average Bonchev–Trinajstić information content (AvgIpc) is 3.44. The van der Waals surface area contributed by atoms with Gasteiger partial charge in [-0.05, 0) is 39.8 Å². The van der Waals surface area contributed by atoms with Crippen molar-refractivity contribution in [2.24, 2.45) is 0 Å². The maximum atomic E-state index is 12.0. The first kappa shape index (κ1) is 22.5. The number of carbonyl (C=O) groups is 1. The smallest absolute Gasteiger partial charge is 0.236 e. The number of carbonyl (C=O) groups excluding carboxylic acids is 1. The van der Waals surface area contributed by atoms with Crippen LogP contribution >= 0.6 is 0 Å². The molecule has 180 valence electrons. The molecule has 0 saturated carbocycles. The molecule has 0 spiro atoms. The number of nitrogens with zero attached hydrogens (tertiary/aromatic N) is 8. The average molecular weight is 465 g/mol. The number of hydrogen-bond donors (Lipinski definition) is 0. The van der Waals surface area contributed by atoms with Gasteiger partial charge in [0.05, 0.1) is 18.7 Å². The second kappa shape index (κ2) is 9.17. The Balaban J connectivity index is 1.36. The maximum Gasteiger partial charge on any atom is 0.236 e. The van der Waals surface area contributed by atoms with E-state index in [0.29, 0.717) is 25.6 Å².